The van der Waals surface area contributed by atoms with Crippen molar-refractivity contribution < 1.29 is 9.53 Å². The van der Waals surface area contributed by atoms with Crippen LogP contribution in [0, 0.1) is 6.92 Å². The van der Waals surface area contributed by atoms with Crippen LogP contribution in [0.5, 0.6) is 5.75 Å². The molecule has 2 aromatic heterocycles. The molecule has 0 fully saturated rings. The summed E-state index contributed by atoms with van der Waals surface area (Å²) in [5, 5.41) is 0. The van der Waals surface area contributed by atoms with E-state index < -0.39 is 0 Å². The number of pyridine rings is 1. The number of hydrogen-bond acceptors (Lipinski definition) is 4. The van der Waals surface area contributed by atoms with Gasteiger partial charge in [0.1, 0.15) is 18.2 Å². The number of carbonyl (C=O) groups excluding carboxylic acids is 1. The molecule has 170 valence electrons. The molecule has 0 saturated heterocycles. The summed E-state index contributed by atoms with van der Waals surface area (Å²) >= 11 is 0. The molecule has 2 aromatic carbocycles. The number of benzene rings is 2. The molecule has 0 aliphatic carbocycles. The number of hydrogen-bond donors (Lipinski definition) is 0. The zero-order chi connectivity index (χ0) is 23.4. The molecule has 33 heavy (non-hydrogen) atoms. The minimum Gasteiger partial charge on any atom is -0.491 e. The van der Waals surface area contributed by atoms with E-state index in [1.807, 2.05) is 18.2 Å². The molecule has 2 heterocycles. The number of rotatable bonds is 8. The zero-order valence-corrected chi connectivity index (χ0v) is 19.7. The van der Waals surface area contributed by atoms with E-state index in [9.17, 15) is 4.79 Å². The number of imidazole rings is 1. The van der Waals surface area contributed by atoms with Gasteiger partial charge >= 0.3 is 0 Å². The summed E-state index contributed by atoms with van der Waals surface area (Å²) in [5.74, 6) is 2.06. The number of amides is 1. The summed E-state index contributed by atoms with van der Waals surface area (Å²) in [7, 11) is 1.79. The number of ether oxygens (including phenoxy) is 1. The maximum Gasteiger partial charge on any atom is 0.255 e. The van der Waals surface area contributed by atoms with E-state index in [-0.39, 0.29) is 5.91 Å². The topological polar surface area (TPSA) is 60.2 Å². The molecule has 0 spiro atoms. The highest BCUT2D eigenvalue weighted by molar-refractivity contribution is 5.93. The molecule has 0 aliphatic rings. The lowest BCUT2D eigenvalue weighted by atomic mass is 10.0. The maximum absolute atomic E-state index is 12.8. The number of nitrogens with zero attached hydrogens (tertiary/aromatic N) is 4. The summed E-state index contributed by atoms with van der Waals surface area (Å²) < 4.78 is 8.39. The summed E-state index contributed by atoms with van der Waals surface area (Å²) in [6.07, 6.45) is 3.25. The first-order valence-electron chi connectivity index (χ1n) is 11.3. The van der Waals surface area contributed by atoms with E-state index in [4.69, 9.17) is 9.72 Å². The monoisotopic (exact) mass is 442 g/mol. The Labute approximate surface area is 194 Å². The third kappa shape index (κ3) is 5.06. The van der Waals surface area contributed by atoms with Crippen molar-refractivity contribution >= 4 is 16.9 Å². The van der Waals surface area contributed by atoms with E-state index in [0.29, 0.717) is 31.2 Å². The summed E-state index contributed by atoms with van der Waals surface area (Å²) in [6.45, 7) is 7.97. The quantitative estimate of drug-likeness (QED) is 0.376. The van der Waals surface area contributed by atoms with Crippen LogP contribution in [0.1, 0.15) is 47.1 Å². The van der Waals surface area contributed by atoms with Crippen molar-refractivity contribution in [2.24, 2.45) is 0 Å². The van der Waals surface area contributed by atoms with Gasteiger partial charge in [-0.25, -0.2) is 4.98 Å². The van der Waals surface area contributed by atoms with Gasteiger partial charge in [-0.1, -0.05) is 38.1 Å². The van der Waals surface area contributed by atoms with Crippen molar-refractivity contribution in [3.63, 3.8) is 0 Å². The Morgan fingerprint density at radius 1 is 1.12 bits per heavy atom. The van der Waals surface area contributed by atoms with Crippen LogP contribution in [-0.4, -0.2) is 39.0 Å². The van der Waals surface area contributed by atoms with Crippen LogP contribution >= 0.6 is 0 Å². The highest BCUT2D eigenvalue weighted by Gasteiger charge is 2.17. The fraction of sp³-hybridized carbons (Fsp3) is 0.296. The molecule has 0 bridgehead atoms. The molecule has 0 unspecified atom stereocenters. The Morgan fingerprint density at radius 3 is 2.70 bits per heavy atom. The molecular formula is C27H30N4O2. The lowest BCUT2D eigenvalue weighted by Gasteiger charge is -2.19. The largest absolute Gasteiger partial charge is 0.491 e. The summed E-state index contributed by atoms with van der Waals surface area (Å²) in [5.41, 5.74) is 4.89. The molecule has 6 nitrogen and oxygen atoms in total. The van der Waals surface area contributed by atoms with E-state index in [1.165, 1.54) is 11.1 Å². The number of aryl methyl sites for hydroxylation is 1. The van der Waals surface area contributed by atoms with E-state index >= 15 is 0 Å². The third-order valence-electron chi connectivity index (χ3n) is 5.73. The first-order chi connectivity index (χ1) is 15.9. The Balaban J connectivity index is 1.55. The number of carbonyl (C=O) groups is 1. The highest BCUT2D eigenvalue weighted by atomic mass is 16.5. The molecule has 0 aliphatic heterocycles. The smallest absolute Gasteiger partial charge is 0.255 e. The third-order valence-corrected chi connectivity index (χ3v) is 5.73. The van der Waals surface area contributed by atoms with Gasteiger partial charge in [0.05, 0.1) is 29.7 Å². The standard InChI is InChI=1S/C27H30N4O2/c1-19(2)22-12-11-20(3)16-25(22)33-15-14-31-24-10-6-5-9-23(24)29-26(31)18-30(4)27(32)21-8-7-13-28-17-21/h5-13,16-17,19H,14-15,18H2,1-4H3. The predicted octanol–water partition coefficient (Wildman–Crippen LogP) is 5.21. The molecule has 6 heteroatoms. The fourth-order valence-corrected chi connectivity index (χ4v) is 3.98. The predicted molar refractivity (Wildman–Crippen MR) is 131 cm³/mol. The fourth-order valence-electron chi connectivity index (χ4n) is 3.98. The maximum atomic E-state index is 12.8. The van der Waals surface area contributed by atoms with Gasteiger partial charge in [-0.2, -0.15) is 0 Å². The van der Waals surface area contributed by atoms with Gasteiger partial charge in [-0.15, -0.1) is 0 Å². The van der Waals surface area contributed by atoms with E-state index in [1.54, 1.807) is 36.5 Å². The Bertz CT molecular complexity index is 1250. The van der Waals surface area contributed by atoms with E-state index in [0.717, 1.165) is 22.6 Å². The minimum absolute atomic E-state index is 0.0840. The highest BCUT2D eigenvalue weighted by Crippen LogP contribution is 2.27. The van der Waals surface area contributed by atoms with Crippen LogP contribution in [0.25, 0.3) is 11.0 Å². The number of para-hydroxylation sites is 2. The Morgan fingerprint density at radius 2 is 1.94 bits per heavy atom. The van der Waals surface area contributed by atoms with Gasteiger partial charge in [0, 0.05) is 19.4 Å². The van der Waals surface area contributed by atoms with Crippen LogP contribution in [-0.2, 0) is 13.1 Å². The van der Waals surface area contributed by atoms with Crippen LogP contribution in [0.3, 0.4) is 0 Å². The van der Waals surface area contributed by atoms with Gasteiger partial charge in [0.2, 0.25) is 0 Å². The van der Waals surface area contributed by atoms with Crippen molar-refractivity contribution in [1.29, 1.82) is 0 Å². The molecule has 0 radical (unpaired) electrons. The SMILES string of the molecule is Cc1ccc(C(C)C)c(OCCn2c(CN(C)C(=O)c3cccnc3)nc3ccccc32)c1. The summed E-state index contributed by atoms with van der Waals surface area (Å²) in [6, 6.07) is 18.0. The van der Waals surface area contributed by atoms with Crippen LogP contribution in [0.15, 0.2) is 67.0 Å². The molecule has 0 N–H and O–H groups in total. The average Bonchev–Trinajstić information content (AvgIpc) is 3.16. The second-order valence-electron chi connectivity index (χ2n) is 8.62. The van der Waals surface area contributed by atoms with Gasteiger partial charge < -0.3 is 14.2 Å². The minimum atomic E-state index is -0.0840. The first kappa shape index (κ1) is 22.5. The lowest BCUT2D eigenvalue weighted by molar-refractivity contribution is 0.0779. The summed E-state index contributed by atoms with van der Waals surface area (Å²) in [4.78, 5) is 23.4. The normalized spacial score (nSPS) is 11.2. The van der Waals surface area contributed by atoms with Crippen LogP contribution in [0.2, 0.25) is 0 Å². The van der Waals surface area contributed by atoms with E-state index in [2.05, 4.69) is 54.6 Å². The molecule has 4 rings (SSSR count). The van der Waals surface area contributed by atoms with Gasteiger partial charge in [0.25, 0.3) is 5.91 Å². The number of aromatic nitrogens is 3. The molecule has 0 saturated carbocycles. The molecule has 4 aromatic rings. The lowest BCUT2D eigenvalue weighted by Crippen LogP contribution is -2.28. The Kier molecular flexibility index (Phi) is 6.73. The Hall–Kier alpha value is -3.67. The van der Waals surface area contributed by atoms with Crippen molar-refractivity contribution in [2.45, 2.75) is 39.8 Å². The van der Waals surface area contributed by atoms with Crippen molar-refractivity contribution in [1.82, 2.24) is 19.4 Å². The second kappa shape index (κ2) is 9.86. The van der Waals surface area contributed by atoms with Crippen molar-refractivity contribution in [3.05, 3.63) is 89.5 Å². The molecule has 0 atom stereocenters. The van der Waals surface area contributed by atoms with Gasteiger partial charge in [0.15, 0.2) is 0 Å². The second-order valence-corrected chi connectivity index (χ2v) is 8.62. The van der Waals surface area contributed by atoms with Crippen LogP contribution in [0.4, 0.5) is 0 Å². The first-order valence-corrected chi connectivity index (χ1v) is 11.3. The van der Waals surface area contributed by atoms with Crippen molar-refractivity contribution in [3.8, 4) is 5.75 Å². The van der Waals surface area contributed by atoms with Gasteiger partial charge in [-0.05, 0) is 54.3 Å². The van der Waals surface area contributed by atoms with Crippen molar-refractivity contribution in [2.75, 3.05) is 13.7 Å². The zero-order valence-electron chi connectivity index (χ0n) is 19.7. The molecule has 1 amide bonds. The average molecular weight is 443 g/mol. The van der Waals surface area contributed by atoms with Gasteiger partial charge in [-0.3, -0.25) is 9.78 Å². The number of fused-ring (bicyclic) bond motifs is 1. The van der Waals surface area contributed by atoms with Crippen LogP contribution < -0.4 is 4.74 Å². The molecular weight excluding hydrogens is 412 g/mol.